The lowest BCUT2D eigenvalue weighted by molar-refractivity contribution is 0.0996. The number of aryl methyl sites for hydroxylation is 1. The summed E-state index contributed by atoms with van der Waals surface area (Å²) in [6, 6.07) is 19.5. The van der Waals surface area contributed by atoms with Gasteiger partial charge in [-0.1, -0.05) is 24.3 Å². The molecule has 5 rings (SSSR count). The Kier molecular flexibility index (Phi) is 4.99. The normalized spacial score (nSPS) is 12.4. The molecule has 7 heteroatoms. The zero-order valence-corrected chi connectivity index (χ0v) is 17.3. The number of para-hydroxylation sites is 1. The van der Waals surface area contributed by atoms with Crippen LogP contribution in [0.5, 0.6) is 11.5 Å². The zero-order valence-electron chi connectivity index (χ0n) is 17.3. The van der Waals surface area contributed by atoms with Gasteiger partial charge in [0.25, 0.3) is 11.8 Å². The number of rotatable bonds is 4. The average Bonchev–Trinajstić information content (AvgIpc) is 3.25. The number of hydrogen-bond donors (Lipinski definition) is 2. The molecule has 3 aromatic carbocycles. The number of fused-ring (bicyclic) bond motifs is 2. The second-order valence-electron chi connectivity index (χ2n) is 7.44. The van der Waals surface area contributed by atoms with Crippen molar-refractivity contribution in [3.63, 3.8) is 0 Å². The van der Waals surface area contributed by atoms with Crippen molar-refractivity contribution >= 4 is 34.2 Å². The first-order valence-corrected chi connectivity index (χ1v) is 10.2. The lowest BCUT2D eigenvalue weighted by Gasteiger charge is -2.18. The van der Waals surface area contributed by atoms with E-state index in [9.17, 15) is 9.59 Å². The van der Waals surface area contributed by atoms with Gasteiger partial charge in [0.1, 0.15) is 18.8 Å². The number of ether oxygens (including phenoxy) is 2. The van der Waals surface area contributed by atoms with Gasteiger partial charge in [-0.05, 0) is 55.0 Å². The summed E-state index contributed by atoms with van der Waals surface area (Å²) < 4.78 is 16.7. The van der Waals surface area contributed by atoms with Crippen molar-refractivity contribution in [2.45, 2.75) is 6.92 Å². The average molecular weight is 428 g/mol. The Morgan fingerprint density at radius 1 is 0.812 bits per heavy atom. The van der Waals surface area contributed by atoms with Gasteiger partial charge < -0.3 is 24.5 Å². The summed E-state index contributed by atoms with van der Waals surface area (Å²) in [6.45, 7) is 2.81. The van der Waals surface area contributed by atoms with E-state index in [4.69, 9.17) is 13.9 Å². The predicted molar refractivity (Wildman–Crippen MR) is 121 cm³/mol. The van der Waals surface area contributed by atoms with E-state index in [-0.39, 0.29) is 17.6 Å². The van der Waals surface area contributed by atoms with E-state index in [1.54, 1.807) is 36.4 Å². The van der Waals surface area contributed by atoms with Gasteiger partial charge in [-0.25, -0.2) is 0 Å². The standard InChI is InChI=1S/C25H20N2O5/c1-15-6-8-18(26-24(28)17-7-9-21-22(13-17)31-11-10-30-21)14-19(15)27-25(29)23-12-16-4-2-3-5-20(16)32-23/h2-9,12-14H,10-11H2,1H3,(H,26,28)(H,27,29). The molecule has 2 heterocycles. The van der Waals surface area contributed by atoms with Crippen molar-refractivity contribution in [3.05, 3.63) is 83.6 Å². The minimum atomic E-state index is -0.361. The maximum Gasteiger partial charge on any atom is 0.291 e. The molecule has 2 N–H and O–H groups in total. The fourth-order valence-corrected chi connectivity index (χ4v) is 3.50. The summed E-state index contributed by atoms with van der Waals surface area (Å²) in [6.07, 6.45) is 0. The first-order valence-electron chi connectivity index (χ1n) is 10.2. The third-order valence-electron chi connectivity index (χ3n) is 5.20. The topological polar surface area (TPSA) is 89.8 Å². The van der Waals surface area contributed by atoms with Gasteiger partial charge in [0.2, 0.25) is 0 Å². The van der Waals surface area contributed by atoms with Gasteiger partial charge >= 0.3 is 0 Å². The molecule has 7 nitrogen and oxygen atoms in total. The molecule has 1 aliphatic heterocycles. The van der Waals surface area contributed by atoms with Crippen molar-refractivity contribution in [2.75, 3.05) is 23.8 Å². The highest BCUT2D eigenvalue weighted by Crippen LogP contribution is 2.31. The van der Waals surface area contributed by atoms with Crippen molar-refractivity contribution in [1.82, 2.24) is 0 Å². The van der Waals surface area contributed by atoms with Crippen LogP contribution < -0.4 is 20.1 Å². The van der Waals surface area contributed by atoms with Crippen LogP contribution in [-0.4, -0.2) is 25.0 Å². The summed E-state index contributed by atoms with van der Waals surface area (Å²) >= 11 is 0. The second kappa shape index (κ2) is 8.11. The highest BCUT2D eigenvalue weighted by Gasteiger charge is 2.17. The van der Waals surface area contributed by atoms with Crippen LogP contribution in [0, 0.1) is 6.92 Å². The van der Waals surface area contributed by atoms with Crippen LogP contribution in [0.2, 0.25) is 0 Å². The van der Waals surface area contributed by atoms with Gasteiger partial charge in [-0.2, -0.15) is 0 Å². The Bertz CT molecular complexity index is 1310. The predicted octanol–water partition coefficient (Wildman–Crippen LogP) is 5.02. The largest absolute Gasteiger partial charge is 0.486 e. The molecule has 0 unspecified atom stereocenters. The molecule has 2 amide bonds. The molecule has 0 saturated heterocycles. The van der Waals surface area contributed by atoms with Crippen LogP contribution in [0.15, 0.2) is 71.1 Å². The van der Waals surface area contributed by atoms with Crippen molar-refractivity contribution in [2.24, 2.45) is 0 Å². The molecular weight excluding hydrogens is 408 g/mol. The minimum Gasteiger partial charge on any atom is -0.486 e. The molecule has 1 aromatic heterocycles. The molecule has 1 aliphatic rings. The van der Waals surface area contributed by atoms with Gasteiger partial charge in [0.15, 0.2) is 17.3 Å². The van der Waals surface area contributed by atoms with E-state index in [0.717, 1.165) is 10.9 Å². The second-order valence-corrected chi connectivity index (χ2v) is 7.44. The molecule has 0 aliphatic carbocycles. The number of benzene rings is 3. The highest BCUT2D eigenvalue weighted by atomic mass is 16.6. The van der Waals surface area contributed by atoms with E-state index < -0.39 is 0 Å². The molecule has 0 spiro atoms. The van der Waals surface area contributed by atoms with Gasteiger partial charge in [-0.15, -0.1) is 0 Å². The number of hydrogen-bond acceptors (Lipinski definition) is 5. The van der Waals surface area contributed by atoms with Crippen LogP contribution in [0.3, 0.4) is 0 Å². The van der Waals surface area contributed by atoms with E-state index in [0.29, 0.717) is 47.2 Å². The number of anilines is 2. The smallest absolute Gasteiger partial charge is 0.291 e. The van der Waals surface area contributed by atoms with Crippen LogP contribution in [0.1, 0.15) is 26.5 Å². The number of carbonyl (C=O) groups excluding carboxylic acids is 2. The van der Waals surface area contributed by atoms with Crippen molar-refractivity contribution in [3.8, 4) is 11.5 Å². The molecule has 0 atom stereocenters. The summed E-state index contributed by atoms with van der Waals surface area (Å²) in [7, 11) is 0. The molecule has 32 heavy (non-hydrogen) atoms. The summed E-state index contributed by atoms with van der Waals surface area (Å²) in [4.78, 5) is 25.4. The molecule has 4 aromatic rings. The first-order chi connectivity index (χ1) is 15.6. The quantitative estimate of drug-likeness (QED) is 0.477. The Hall–Kier alpha value is -4.26. The van der Waals surface area contributed by atoms with E-state index in [1.807, 2.05) is 37.3 Å². The molecular formula is C25H20N2O5. The van der Waals surface area contributed by atoms with Gasteiger partial charge in [-0.3, -0.25) is 9.59 Å². The van der Waals surface area contributed by atoms with E-state index in [2.05, 4.69) is 10.6 Å². The van der Waals surface area contributed by atoms with Crippen LogP contribution in [-0.2, 0) is 0 Å². The highest BCUT2D eigenvalue weighted by molar-refractivity contribution is 6.07. The number of carbonyl (C=O) groups is 2. The summed E-state index contributed by atoms with van der Waals surface area (Å²) in [5, 5.41) is 6.57. The summed E-state index contributed by atoms with van der Waals surface area (Å²) in [5.74, 6) is 0.738. The number of nitrogens with one attached hydrogen (secondary N) is 2. The Balaban J connectivity index is 1.33. The lowest BCUT2D eigenvalue weighted by atomic mass is 10.1. The number of furan rings is 1. The van der Waals surface area contributed by atoms with E-state index >= 15 is 0 Å². The van der Waals surface area contributed by atoms with Crippen molar-refractivity contribution in [1.29, 1.82) is 0 Å². The third kappa shape index (κ3) is 3.88. The van der Waals surface area contributed by atoms with Gasteiger partial charge in [0.05, 0.1) is 0 Å². The maximum atomic E-state index is 12.7. The zero-order chi connectivity index (χ0) is 22.1. The molecule has 160 valence electrons. The maximum absolute atomic E-state index is 12.7. The molecule has 0 fully saturated rings. The summed E-state index contributed by atoms with van der Waals surface area (Å²) in [5.41, 5.74) is 3.08. The van der Waals surface area contributed by atoms with Crippen LogP contribution in [0.4, 0.5) is 11.4 Å². The van der Waals surface area contributed by atoms with Crippen LogP contribution in [0.25, 0.3) is 11.0 Å². The van der Waals surface area contributed by atoms with Crippen LogP contribution >= 0.6 is 0 Å². The fourth-order valence-electron chi connectivity index (χ4n) is 3.50. The van der Waals surface area contributed by atoms with Gasteiger partial charge in [0, 0.05) is 22.3 Å². The Morgan fingerprint density at radius 3 is 2.47 bits per heavy atom. The van der Waals surface area contributed by atoms with E-state index in [1.165, 1.54) is 0 Å². The minimum absolute atomic E-state index is 0.219. The molecule has 0 bridgehead atoms. The fraction of sp³-hybridized carbons (Fsp3) is 0.120. The monoisotopic (exact) mass is 428 g/mol. The number of amides is 2. The molecule has 0 saturated carbocycles. The Morgan fingerprint density at radius 2 is 1.62 bits per heavy atom. The lowest BCUT2D eigenvalue weighted by Crippen LogP contribution is -2.17. The third-order valence-corrected chi connectivity index (χ3v) is 5.20. The first kappa shape index (κ1) is 19.7. The Labute approximate surface area is 183 Å². The SMILES string of the molecule is Cc1ccc(NC(=O)c2ccc3c(c2)OCCO3)cc1NC(=O)c1cc2ccccc2o1. The van der Waals surface area contributed by atoms with Crippen molar-refractivity contribution < 1.29 is 23.5 Å². The molecule has 0 radical (unpaired) electrons.